The zero-order chi connectivity index (χ0) is 21.1. The monoisotopic (exact) mass is 391 g/mol. The van der Waals surface area contributed by atoms with E-state index in [1.54, 1.807) is 6.92 Å². The quantitative estimate of drug-likeness (QED) is 0.769. The summed E-state index contributed by atoms with van der Waals surface area (Å²) in [6.07, 6.45) is -0.436. The highest BCUT2D eigenvalue weighted by Gasteiger charge is 2.35. The number of hydrogen-bond donors (Lipinski definition) is 1. The fourth-order valence-electron chi connectivity index (χ4n) is 3.20. The van der Waals surface area contributed by atoms with Crippen LogP contribution in [0.2, 0.25) is 0 Å². The molecule has 1 aliphatic carbocycles. The first-order valence-corrected chi connectivity index (χ1v) is 9.77. The van der Waals surface area contributed by atoms with E-state index in [-0.39, 0.29) is 12.0 Å². The summed E-state index contributed by atoms with van der Waals surface area (Å²) in [6, 6.07) is 7.89. The van der Waals surface area contributed by atoms with Gasteiger partial charge in [-0.05, 0) is 66.0 Å². The summed E-state index contributed by atoms with van der Waals surface area (Å²) in [6.45, 7) is 13.0. The number of alkyl carbamates (subject to hydrolysis) is 1. The molecule has 0 aliphatic heterocycles. The average molecular weight is 392 g/mol. The number of fused-ring (bicyclic) bond motifs is 1. The van der Waals surface area contributed by atoms with Crippen LogP contribution in [0.25, 0.3) is 0 Å². The lowest BCUT2D eigenvalue weighted by Crippen LogP contribution is -2.42. The van der Waals surface area contributed by atoms with Gasteiger partial charge in [-0.1, -0.05) is 24.3 Å². The van der Waals surface area contributed by atoms with Crippen molar-refractivity contribution >= 4 is 12.1 Å². The van der Waals surface area contributed by atoms with Gasteiger partial charge in [0.2, 0.25) is 0 Å². The van der Waals surface area contributed by atoms with Gasteiger partial charge < -0.3 is 19.5 Å². The van der Waals surface area contributed by atoms with Crippen molar-refractivity contribution in [1.29, 1.82) is 0 Å². The number of amides is 1. The van der Waals surface area contributed by atoms with Gasteiger partial charge >= 0.3 is 12.1 Å². The van der Waals surface area contributed by atoms with Gasteiger partial charge in [0.1, 0.15) is 11.2 Å². The molecule has 0 saturated carbocycles. The molecule has 0 radical (unpaired) electrons. The molecule has 1 N–H and O–H groups in total. The van der Waals surface area contributed by atoms with Crippen molar-refractivity contribution in [3.8, 4) is 0 Å². The minimum Gasteiger partial charge on any atom is -0.458 e. The highest BCUT2D eigenvalue weighted by atomic mass is 16.6. The van der Waals surface area contributed by atoms with E-state index < -0.39 is 29.4 Å². The van der Waals surface area contributed by atoms with Gasteiger partial charge in [0.25, 0.3) is 0 Å². The van der Waals surface area contributed by atoms with Gasteiger partial charge in [0, 0.05) is 12.0 Å². The Hall–Kier alpha value is -2.08. The van der Waals surface area contributed by atoms with Crippen molar-refractivity contribution in [3.63, 3.8) is 0 Å². The van der Waals surface area contributed by atoms with Crippen LogP contribution < -0.4 is 5.32 Å². The molecular weight excluding hydrogens is 358 g/mol. The predicted molar refractivity (Wildman–Crippen MR) is 107 cm³/mol. The number of carbonyl (C=O) groups excluding carboxylic acids is 2. The standard InChI is InChI=1S/C22H33NO5/c1-14(19(24)27-21(2,3)4)26-13-17-16-11-9-8-10-15(16)12-18(17)23-20(25)28-22(5,6)7/h8-11,14,17-18H,12-13H2,1-7H3,(H,23,25)/t14?,17-,18-/m1/s1. The molecule has 0 fully saturated rings. The first-order valence-electron chi connectivity index (χ1n) is 9.77. The molecule has 156 valence electrons. The summed E-state index contributed by atoms with van der Waals surface area (Å²) in [4.78, 5) is 24.5. The molecule has 6 heteroatoms. The molecule has 6 nitrogen and oxygen atoms in total. The number of nitrogens with one attached hydrogen (secondary N) is 1. The van der Waals surface area contributed by atoms with E-state index in [2.05, 4.69) is 11.4 Å². The number of rotatable bonds is 5. The minimum atomic E-state index is -0.686. The van der Waals surface area contributed by atoms with E-state index in [9.17, 15) is 9.59 Å². The van der Waals surface area contributed by atoms with Crippen LogP contribution in [0.3, 0.4) is 0 Å². The lowest BCUT2D eigenvalue weighted by atomic mass is 9.99. The second-order valence-corrected chi connectivity index (χ2v) is 9.27. The van der Waals surface area contributed by atoms with Crippen molar-refractivity contribution in [1.82, 2.24) is 5.32 Å². The number of carbonyl (C=O) groups is 2. The number of ether oxygens (including phenoxy) is 3. The molecule has 28 heavy (non-hydrogen) atoms. The second-order valence-electron chi connectivity index (χ2n) is 9.27. The fraction of sp³-hybridized carbons (Fsp3) is 0.636. The van der Waals surface area contributed by atoms with Gasteiger partial charge in [0.05, 0.1) is 6.61 Å². The number of benzene rings is 1. The summed E-state index contributed by atoms with van der Waals surface area (Å²) in [7, 11) is 0. The van der Waals surface area contributed by atoms with Crippen molar-refractivity contribution < 1.29 is 23.8 Å². The van der Waals surface area contributed by atoms with Crippen molar-refractivity contribution in [2.75, 3.05) is 6.61 Å². The third-order valence-corrected chi connectivity index (χ3v) is 4.35. The Morgan fingerprint density at radius 1 is 1.07 bits per heavy atom. The van der Waals surface area contributed by atoms with Crippen LogP contribution in [0.5, 0.6) is 0 Å². The molecule has 1 aromatic rings. The second kappa shape index (κ2) is 8.52. The van der Waals surface area contributed by atoms with Crippen LogP contribution in [0.4, 0.5) is 4.79 Å². The predicted octanol–water partition coefficient (Wildman–Crippen LogP) is 3.97. The van der Waals surface area contributed by atoms with Crippen LogP contribution in [-0.4, -0.2) is 42.0 Å². The summed E-state index contributed by atoms with van der Waals surface area (Å²) < 4.78 is 16.6. The Bertz CT molecular complexity index is 702. The molecule has 3 atom stereocenters. The van der Waals surface area contributed by atoms with Gasteiger partial charge in [0.15, 0.2) is 6.10 Å². The zero-order valence-electron chi connectivity index (χ0n) is 18.0. The Morgan fingerprint density at radius 2 is 1.68 bits per heavy atom. The molecule has 0 aromatic heterocycles. The smallest absolute Gasteiger partial charge is 0.407 e. The fourth-order valence-corrected chi connectivity index (χ4v) is 3.20. The van der Waals surface area contributed by atoms with Crippen LogP contribution in [0.15, 0.2) is 24.3 Å². The van der Waals surface area contributed by atoms with Gasteiger partial charge in [-0.15, -0.1) is 0 Å². The third kappa shape index (κ3) is 6.51. The van der Waals surface area contributed by atoms with E-state index in [1.807, 2.05) is 59.7 Å². The van der Waals surface area contributed by atoms with E-state index in [0.29, 0.717) is 13.0 Å². The Labute approximate surface area is 167 Å². The lowest BCUT2D eigenvalue weighted by Gasteiger charge is -2.26. The summed E-state index contributed by atoms with van der Waals surface area (Å²) in [5, 5.41) is 2.97. The third-order valence-electron chi connectivity index (χ3n) is 4.35. The molecule has 1 aromatic carbocycles. The Balaban J connectivity index is 2.05. The van der Waals surface area contributed by atoms with Crippen LogP contribution in [0, 0.1) is 0 Å². The Morgan fingerprint density at radius 3 is 2.29 bits per heavy atom. The lowest BCUT2D eigenvalue weighted by molar-refractivity contribution is -0.167. The maximum Gasteiger partial charge on any atom is 0.407 e. The molecule has 0 bridgehead atoms. The first-order chi connectivity index (χ1) is 12.9. The van der Waals surface area contributed by atoms with Crippen molar-refractivity contribution in [2.45, 2.75) is 84.2 Å². The number of hydrogen-bond acceptors (Lipinski definition) is 5. The molecular formula is C22H33NO5. The van der Waals surface area contributed by atoms with Crippen LogP contribution in [-0.2, 0) is 25.4 Å². The molecule has 2 rings (SSSR count). The number of esters is 1. The van der Waals surface area contributed by atoms with E-state index in [1.165, 1.54) is 5.56 Å². The molecule has 0 saturated heterocycles. The van der Waals surface area contributed by atoms with Gasteiger partial charge in [-0.2, -0.15) is 0 Å². The van der Waals surface area contributed by atoms with E-state index >= 15 is 0 Å². The Kier molecular flexibility index (Phi) is 6.75. The normalized spacial score (nSPS) is 20.2. The molecule has 1 unspecified atom stereocenters. The highest BCUT2D eigenvalue weighted by Crippen LogP contribution is 2.34. The van der Waals surface area contributed by atoms with E-state index in [4.69, 9.17) is 14.2 Å². The van der Waals surface area contributed by atoms with Gasteiger partial charge in [-0.3, -0.25) is 0 Å². The first kappa shape index (κ1) is 22.2. The highest BCUT2D eigenvalue weighted by molar-refractivity contribution is 5.74. The van der Waals surface area contributed by atoms with Crippen LogP contribution in [0.1, 0.15) is 65.5 Å². The topological polar surface area (TPSA) is 73.9 Å². The molecule has 1 amide bonds. The van der Waals surface area contributed by atoms with Gasteiger partial charge in [-0.25, -0.2) is 9.59 Å². The average Bonchev–Trinajstić information content (AvgIpc) is 2.86. The summed E-state index contributed by atoms with van der Waals surface area (Å²) in [5.41, 5.74) is 1.17. The minimum absolute atomic E-state index is 0.0615. The van der Waals surface area contributed by atoms with Crippen LogP contribution >= 0.6 is 0 Å². The largest absolute Gasteiger partial charge is 0.458 e. The maximum atomic E-state index is 12.3. The molecule has 0 spiro atoms. The molecule has 1 aliphatic rings. The zero-order valence-corrected chi connectivity index (χ0v) is 18.0. The molecule has 0 heterocycles. The maximum absolute atomic E-state index is 12.3. The van der Waals surface area contributed by atoms with Crippen molar-refractivity contribution in [3.05, 3.63) is 35.4 Å². The summed E-state index contributed by atoms with van der Waals surface area (Å²) in [5.74, 6) is -0.455. The van der Waals surface area contributed by atoms with E-state index in [0.717, 1.165) is 5.56 Å². The summed E-state index contributed by atoms with van der Waals surface area (Å²) >= 11 is 0. The SMILES string of the molecule is CC(OC[C@@H]1c2ccccc2C[C@H]1NC(=O)OC(C)(C)C)C(=O)OC(C)(C)C. The van der Waals surface area contributed by atoms with Crippen molar-refractivity contribution in [2.24, 2.45) is 0 Å².